The molecular formula is C13H28N2O. The van der Waals surface area contributed by atoms with Crippen LogP contribution in [-0.4, -0.2) is 51.3 Å². The van der Waals surface area contributed by atoms with Crippen LogP contribution in [-0.2, 0) is 4.74 Å². The summed E-state index contributed by atoms with van der Waals surface area (Å²) in [5.74, 6) is 0. The fraction of sp³-hybridized carbons (Fsp3) is 1.00. The standard InChI is InChI=1S/C13H28N2O/c1-15(2)10-7-5-3-4-6-9-14-13-8-11-16-12-13/h13-14H,3-12H2,1-2H3. The van der Waals surface area contributed by atoms with Crippen molar-refractivity contribution in [1.29, 1.82) is 0 Å². The summed E-state index contributed by atoms with van der Waals surface area (Å²) in [5, 5.41) is 3.56. The van der Waals surface area contributed by atoms with E-state index < -0.39 is 0 Å². The van der Waals surface area contributed by atoms with Gasteiger partial charge in [-0.1, -0.05) is 19.3 Å². The number of unbranched alkanes of at least 4 members (excludes halogenated alkanes) is 4. The van der Waals surface area contributed by atoms with Crippen LogP contribution in [0.4, 0.5) is 0 Å². The molecule has 0 aromatic heterocycles. The molecule has 1 aliphatic heterocycles. The Morgan fingerprint density at radius 1 is 1.12 bits per heavy atom. The molecule has 96 valence electrons. The lowest BCUT2D eigenvalue weighted by Gasteiger charge is -2.10. The number of nitrogens with zero attached hydrogens (tertiary/aromatic N) is 1. The normalized spacial score (nSPS) is 20.8. The van der Waals surface area contributed by atoms with Crippen molar-refractivity contribution in [3.63, 3.8) is 0 Å². The van der Waals surface area contributed by atoms with Gasteiger partial charge in [0.25, 0.3) is 0 Å². The van der Waals surface area contributed by atoms with E-state index in [1.165, 1.54) is 51.6 Å². The van der Waals surface area contributed by atoms with Crippen LogP contribution in [0.2, 0.25) is 0 Å². The maximum Gasteiger partial charge on any atom is 0.0620 e. The van der Waals surface area contributed by atoms with Crippen molar-refractivity contribution in [2.75, 3.05) is 40.4 Å². The molecule has 0 spiro atoms. The molecule has 1 saturated heterocycles. The Labute approximate surface area is 101 Å². The van der Waals surface area contributed by atoms with Crippen molar-refractivity contribution < 1.29 is 4.74 Å². The van der Waals surface area contributed by atoms with Crippen LogP contribution in [0.1, 0.15) is 38.5 Å². The minimum atomic E-state index is 0.633. The molecule has 0 saturated carbocycles. The van der Waals surface area contributed by atoms with Crippen molar-refractivity contribution in [3.05, 3.63) is 0 Å². The summed E-state index contributed by atoms with van der Waals surface area (Å²) in [6, 6.07) is 0.633. The van der Waals surface area contributed by atoms with Gasteiger partial charge >= 0.3 is 0 Å². The van der Waals surface area contributed by atoms with E-state index in [1.54, 1.807) is 0 Å². The zero-order chi connectivity index (χ0) is 11.6. The number of rotatable bonds is 9. The molecule has 0 amide bonds. The predicted molar refractivity (Wildman–Crippen MR) is 68.9 cm³/mol. The van der Waals surface area contributed by atoms with Gasteiger partial charge in [0, 0.05) is 12.6 Å². The van der Waals surface area contributed by atoms with Crippen LogP contribution in [0.25, 0.3) is 0 Å². The molecule has 0 aromatic rings. The summed E-state index contributed by atoms with van der Waals surface area (Å²) in [4.78, 5) is 2.27. The Balaban J connectivity index is 1.74. The molecule has 1 N–H and O–H groups in total. The first-order chi connectivity index (χ1) is 7.79. The lowest BCUT2D eigenvalue weighted by atomic mass is 10.1. The van der Waals surface area contributed by atoms with Crippen LogP contribution in [0.3, 0.4) is 0 Å². The molecular weight excluding hydrogens is 200 g/mol. The van der Waals surface area contributed by atoms with Gasteiger partial charge in [0.1, 0.15) is 0 Å². The SMILES string of the molecule is CN(C)CCCCCCCNC1CCOC1. The van der Waals surface area contributed by atoms with E-state index in [4.69, 9.17) is 4.74 Å². The molecule has 1 atom stereocenters. The molecule has 3 heteroatoms. The van der Waals surface area contributed by atoms with Crippen molar-refractivity contribution >= 4 is 0 Å². The molecule has 0 radical (unpaired) electrons. The van der Waals surface area contributed by atoms with Crippen LogP contribution < -0.4 is 5.32 Å². The quantitative estimate of drug-likeness (QED) is 0.610. The number of hydrogen-bond donors (Lipinski definition) is 1. The molecule has 1 fully saturated rings. The van der Waals surface area contributed by atoms with E-state index in [0.29, 0.717) is 6.04 Å². The molecule has 1 unspecified atom stereocenters. The van der Waals surface area contributed by atoms with E-state index in [2.05, 4.69) is 24.3 Å². The third kappa shape index (κ3) is 7.20. The van der Waals surface area contributed by atoms with E-state index in [0.717, 1.165) is 13.2 Å². The highest BCUT2D eigenvalue weighted by Gasteiger charge is 2.13. The van der Waals surface area contributed by atoms with E-state index in [-0.39, 0.29) is 0 Å². The topological polar surface area (TPSA) is 24.5 Å². The highest BCUT2D eigenvalue weighted by molar-refractivity contribution is 4.70. The third-order valence-corrected chi connectivity index (χ3v) is 3.14. The second-order valence-electron chi connectivity index (χ2n) is 5.09. The molecule has 3 nitrogen and oxygen atoms in total. The Kier molecular flexibility index (Phi) is 7.81. The zero-order valence-corrected chi connectivity index (χ0v) is 11.0. The van der Waals surface area contributed by atoms with E-state index in [9.17, 15) is 0 Å². The summed E-state index contributed by atoms with van der Waals surface area (Å²) >= 11 is 0. The van der Waals surface area contributed by atoms with Gasteiger partial charge in [-0.15, -0.1) is 0 Å². The molecule has 0 bridgehead atoms. The number of hydrogen-bond acceptors (Lipinski definition) is 3. The first-order valence-electron chi connectivity index (χ1n) is 6.75. The highest BCUT2D eigenvalue weighted by Crippen LogP contribution is 2.05. The molecule has 0 aromatic carbocycles. The monoisotopic (exact) mass is 228 g/mol. The van der Waals surface area contributed by atoms with Crippen molar-refractivity contribution in [2.24, 2.45) is 0 Å². The van der Waals surface area contributed by atoms with Gasteiger partial charge in [-0.2, -0.15) is 0 Å². The number of ether oxygens (including phenoxy) is 1. The van der Waals surface area contributed by atoms with Gasteiger partial charge in [-0.05, 0) is 46.4 Å². The summed E-state index contributed by atoms with van der Waals surface area (Å²) in [6.07, 6.45) is 7.99. The molecule has 0 aliphatic carbocycles. The smallest absolute Gasteiger partial charge is 0.0620 e. The minimum absolute atomic E-state index is 0.633. The lowest BCUT2D eigenvalue weighted by molar-refractivity contribution is 0.190. The van der Waals surface area contributed by atoms with Gasteiger partial charge in [0.15, 0.2) is 0 Å². The summed E-state index contributed by atoms with van der Waals surface area (Å²) in [6.45, 7) is 4.27. The largest absolute Gasteiger partial charge is 0.380 e. The first-order valence-corrected chi connectivity index (χ1v) is 6.75. The van der Waals surface area contributed by atoms with E-state index >= 15 is 0 Å². The van der Waals surface area contributed by atoms with Gasteiger partial charge in [-0.3, -0.25) is 0 Å². The van der Waals surface area contributed by atoms with Gasteiger partial charge in [0.2, 0.25) is 0 Å². The maximum atomic E-state index is 5.32. The summed E-state index contributed by atoms with van der Waals surface area (Å²) in [5.41, 5.74) is 0. The van der Waals surface area contributed by atoms with Gasteiger partial charge in [0.05, 0.1) is 6.61 Å². The minimum Gasteiger partial charge on any atom is -0.380 e. The van der Waals surface area contributed by atoms with Crippen LogP contribution >= 0.6 is 0 Å². The first kappa shape index (κ1) is 13.9. The van der Waals surface area contributed by atoms with Crippen molar-refractivity contribution in [2.45, 2.75) is 44.6 Å². The maximum absolute atomic E-state index is 5.32. The third-order valence-electron chi connectivity index (χ3n) is 3.14. The average Bonchev–Trinajstić information content (AvgIpc) is 2.74. The Hall–Kier alpha value is -0.120. The number of nitrogens with one attached hydrogen (secondary N) is 1. The average molecular weight is 228 g/mol. The lowest BCUT2D eigenvalue weighted by Crippen LogP contribution is -2.29. The Bertz CT molecular complexity index is 156. The highest BCUT2D eigenvalue weighted by atomic mass is 16.5. The van der Waals surface area contributed by atoms with Crippen molar-refractivity contribution in [3.8, 4) is 0 Å². The predicted octanol–water partition coefficient (Wildman–Crippen LogP) is 1.88. The molecule has 1 rings (SSSR count). The zero-order valence-electron chi connectivity index (χ0n) is 11.0. The van der Waals surface area contributed by atoms with E-state index in [1.807, 2.05) is 0 Å². The second kappa shape index (κ2) is 8.97. The van der Waals surface area contributed by atoms with Crippen LogP contribution in [0.5, 0.6) is 0 Å². The summed E-state index contributed by atoms with van der Waals surface area (Å²) < 4.78 is 5.32. The Morgan fingerprint density at radius 3 is 2.56 bits per heavy atom. The molecule has 16 heavy (non-hydrogen) atoms. The molecule has 1 aliphatic rings. The Morgan fingerprint density at radius 2 is 1.88 bits per heavy atom. The van der Waals surface area contributed by atoms with Gasteiger partial charge in [-0.25, -0.2) is 0 Å². The second-order valence-corrected chi connectivity index (χ2v) is 5.09. The molecule has 1 heterocycles. The fourth-order valence-electron chi connectivity index (χ4n) is 2.09. The summed E-state index contributed by atoms with van der Waals surface area (Å²) in [7, 11) is 4.29. The van der Waals surface area contributed by atoms with Crippen LogP contribution in [0.15, 0.2) is 0 Å². The van der Waals surface area contributed by atoms with Gasteiger partial charge < -0.3 is 15.0 Å². The van der Waals surface area contributed by atoms with Crippen molar-refractivity contribution in [1.82, 2.24) is 10.2 Å². The van der Waals surface area contributed by atoms with Crippen LogP contribution in [0, 0.1) is 0 Å². The fourth-order valence-corrected chi connectivity index (χ4v) is 2.09.